The van der Waals surface area contributed by atoms with E-state index < -0.39 is 10.0 Å². The number of nitrogens with zero attached hydrogens (tertiary/aromatic N) is 7. The van der Waals surface area contributed by atoms with Crippen molar-refractivity contribution in [3.05, 3.63) is 59.9 Å². The molecule has 0 bridgehead atoms. The largest absolute Gasteiger partial charge is 0.497 e. The fraction of sp³-hybridized carbons (Fsp3) is 0.360. The van der Waals surface area contributed by atoms with Crippen LogP contribution in [0, 0.1) is 0 Å². The molecule has 36 heavy (non-hydrogen) atoms. The van der Waals surface area contributed by atoms with Gasteiger partial charge in [0.05, 0.1) is 17.7 Å². The summed E-state index contributed by atoms with van der Waals surface area (Å²) in [5.41, 5.74) is 4.43. The van der Waals surface area contributed by atoms with Crippen LogP contribution in [0.5, 0.6) is 5.75 Å². The van der Waals surface area contributed by atoms with Gasteiger partial charge in [-0.1, -0.05) is 11.3 Å². The number of hydrogen-bond acceptors (Lipinski definition) is 8. The van der Waals surface area contributed by atoms with Crippen LogP contribution >= 0.6 is 0 Å². The predicted octanol–water partition coefficient (Wildman–Crippen LogP) is 2.61. The summed E-state index contributed by atoms with van der Waals surface area (Å²) in [5, 5.41) is 8.65. The summed E-state index contributed by atoms with van der Waals surface area (Å²) >= 11 is 0. The van der Waals surface area contributed by atoms with Crippen LogP contribution in [0.25, 0.3) is 16.9 Å². The highest BCUT2D eigenvalue weighted by molar-refractivity contribution is 7.89. The van der Waals surface area contributed by atoms with Gasteiger partial charge in [0.25, 0.3) is 0 Å². The van der Waals surface area contributed by atoms with Crippen LogP contribution in [0.4, 0.5) is 5.82 Å². The Morgan fingerprint density at radius 1 is 0.889 bits per heavy atom. The zero-order valence-corrected chi connectivity index (χ0v) is 20.9. The number of rotatable bonds is 5. The first-order valence-electron chi connectivity index (χ1n) is 12.1. The molecule has 186 valence electrons. The standard InChI is InChI=1S/C25H27N7O3S/c1-35-21-9-7-20(8-10-21)32-25-23(28-29-32)24(26-17-27-25)30-12-14-31(15-13-30)36(33,34)22-11-6-18-4-2-3-5-19(18)16-22/h6-11,16-17H,2-5,12-15H2,1H3. The van der Waals surface area contributed by atoms with E-state index in [-0.39, 0.29) is 0 Å². The number of piperazine rings is 1. The van der Waals surface area contributed by atoms with Gasteiger partial charge in [0.1, 0.15) is 12.1 Å². The Bertz CT molecular complexity index is 1510. The van der Waals surface area contributed by atoms with Gasteiger partial charge in [-0.2, -0.15) is 8.99 Å². The Morgan fingerprint density at radius 2 is 1.64 bits per heavy atom. The number of anilines is 1. The van der Waals surface area contributed by atoms with Gasteiger partial charge in [0, 0.05) is 26.2 Å². The third-order valence-corrected chi connectivity index (χ3v) is 8.93. The Kier molecular flexibility index (Phi) is 5.81. The molecule has 1 saturated heterocycles. The fourth-order valence-corrected chi connectivity index (χ4v) is 6.50. The minimum atomic E-state index is -3.55. The molecule has 0 saturated carbocycles. The van der Waals surface area contributed by atoms with E-state index in [0.29, 0.717) is 48.1 Å². The van der Waals surface area contributed by atoms with Gasteiger partial charge in [0.15, 0.2) is 17.0 Å². The van der Waals surface area contributed by atoms with Crippen molar-refractivity contribution in [2.24, 2.45) is 0 Å². The van der Waals surface area contributed by atoms with Gasteiger partial charge in [-0.3, -0.25) is 0 Å². The molecule has 11 heteroatoms. The fourth-order valence-electron chi connectivity index (χ4n) is 5.03. The van der Waals surface area contributed by atoms with E-state index in [1.54, 1.807) is 22.2 Å². The van der Waals surface area contributed by atoms with Crippen molar-refractivity contribution in [1.29, 1.82) is 0 Å². The quantitative estimate of drug-likeness (QED) is 0.408. The number of benzene rings is 2. The van der Waals surface area contributed by atoms with Crippen molar-refractivity contribution in [1.82, 2.24) is 29.3 Å². The van der Waals surface area contributed by atoms with Crippen molar-refractivity contribution < 1.29 is 13.2 Å². The smallest absolute Gasteiger partial charge is 0.243 e. The average Bonchev–Trinajstić information content (AvgIpc) is 3.37. The van der Waals surface area contributed by atoms with Crippen LogP contribution < -0.4 is 9.64 Å². The van der Waals surface area contributed by atoms with Gasteiger partial charge in [-0.05, 0) is 73.2 Å². The minimum absolute atomic E-state index is 0.373. The highest BCUT2D eigenvalue weighted by Gasteiger charge is 2.31. The van der Waals surface area contributed by atoms with Crippen molar-refractivity contribution in [2.75, 3.05) is 38.2 Å². The van der Waals surface area contributed by atoms with E-state index in [4.69, 9.17) is 4.74 Å². The monoisotopic (exact) mass is 505 g/mol. The van der Waals surface area contributed by atoms with Crippen molar-refractivity contribution in [3.63, 3.8) is 0 Å². The topological polar surface area (TPSA) is 106 Å². The molecule has 3 heterocycles. The van der Waals surface area contributed by atoms with Gasteiger partial charge in [-0.15, -0.1) is 5.10 Å². The van der Waals surface area contributed by atoms with E-state index in [2.05, 4.69) is 25.2 Å². The number of fused-ring (bicyclic) bond motifs is 2. The number of sulfonamides is 1. The van der Waals surface area contributed by atoms with E-state index >= 15 is 0 Å². The Morgan fingerprint density at radius 3 is 2.39 bits per heavy atom. The van der Waals surface area contributed by atoms with E-state index in [1.165, 1.54) is 23.9 Å². The van der Waals surface area contributed by atoms with Gasteiger partial charge in [-0.25, -0.2) is 18.4 Å². The number of aromatic nitrogens is 5. The van der Waals surface area contributed by atoms with Crippen molar-refractivity contribution in [3.8, 4) is 11.4 Å². The van der Waals surface area contributed by atoms with Crippen LogP contribution in [0.15, 0.2) is 53.7 Å². The molecule has 0 unspecified atom stereocenters. The molecule has 0 amide bonds. The Balaban J connectivity index is 1.22. The number of ether oxygens (including phenoxy) is 1. The van der Waals surface area contributed by atoms with Gasteiger partial charge >= 0.3 is 0 Å². The van der Waals surface area contributed by atoms with E-state index in [0.717, 1.165) is 30.7 Å². The molecule has 4 aromatic rings. The first-order valence-corrected chi connectivity index (χ1v) is 13.6. The normalized spacial score (nSPS) is 16.8. The summed E-state index contributed by atoms with van der Waals surface area (Å²) in [6.45, 7) is 1.76. The van der Waals surface area contributed by atoms with Crippen LogP contribution in [0.2, 0.25) is 0 Å². The van der Waals surface area contributed by atoms with Crippen molar-refractivity contribution in [2.45, 2.75) is 30.6 Å². The second kappa shape index (κ2) is 9.14. The third kappa shape index (κ3) is 3.97. The maximum atomic E-state index is 13.4. The molecule has 1 fully saturated rings. The van der Waals surface area contributed by atoms with Crippen LogP contribution in [0.3, 0.4) is 0 Å². The lowest BCUT2D eigenvalue weighted by Crippen LogP contribution is -2.49. The zero-order valence-electron chi connectivity index (χ0n) is 20.0. The summed E-state index contributed by atoms with van der Waals surface area (Å²) in [6, 6.07) is 13.1. The second-order valence-corrected chi connectivity index (χ2v) is 11.0. The molecular weight excluding hydrogens is 478 g/mol. The van der Waals surface area contributed by atoms with E-state index in [1.807, 2.05) is 36.4 Å². The molecule has 0 atom stereocenters. The summed E-state index contributed by atoms with van der Waals surface area (Å²) in [6.07, 6.45) is 5.77. The van der Waals surface area contributed by atoms with E-state index in [9.17, 15) is 8.42 Å². The molecule has 6 rings (SSSR count). The molecule has 10 nitrogen and oxygen atoms in total. The Labute approximate surface area is 209 Å². The molecular formula is C25H27N7O3S. The Hall–Kier alpha value is -3.57. The molecule has 1 aliphatic carbocycles. The maximum absolute atomic E-state index is 13.4. The first-order chi connectivity index (χ1) is 17.5. The number of methoxy groups -OCH3 is 1. The zero-order chi connectivity index (χ0) is 24.7. The molecule has 0 N–H and O–H groups in total. The lowest BCUT2D eigenvalue weighted by molar-refractivity contribution is 0.384. The third-order valence-electron chi connectivity index (χ3n) is 7.03. The van der Waals surface area contributed by atoms with Gasteiger partial charge < -0.3 is 9.64 Å². The molecule has 2 aromatic carbocycles. The van der Waals surface area contributed by atoms with Gasteiger partial charge in [0.2, 0.25) is 10.0 Å². The summed E-state index contributed by atoms with van der Waals surface area (Å²) in [4.78, 5) is 11.3. The van der Waals surface area contributed by atoms with Crippen LogP contribution in [-0.4, -0.2) is 71.0 Å². The summed E-state index contributed by atoms with van der Waals surface area (Å²) < 4.78 is 35.2. The number of aryl methyl sites for hydroxylation is 2. The second-order valence-electron chi connectivity index (χ2n) is 9.10. The first kappa shape index (κ1) is 22.9. The maximum Gasteiger partial charge on any atom is 0.243 e. The SMILES string of the molecule is COc1ccc(-n2nnc3c(N4CCN(S(=O)(=O)c5ccc6c(c5)CCCC6)CC4)ncnc32)cc1. The number of hydrogen-bond donors (Lipinski definition) is 0. The molecule has 0 radical (unpaired) electrons. The average molecular weight is 506 g/mol. The van der Waals surface area contributed by atoms with Crippen LogP contribution in [0.1, 0.15) is 24.0 Å². The predicted molar refractivity (Wildman–Crippen MR) is 135 cm³/mol. The molecule has 2 aliphatic rings. The van der Waals surface area contributed by atoms with Crippen molar-refractivity contribution >= 4 is 27.0 Å². The summed E-state index contributed by atoms with van der Waals surface area (Å²) in [7, 11) is -1.93. The highest BCUT2D eigenvalue weighted by Crippen LogP contribution is 2.28. The summed E-state index contributed by atoms with van der Waals surface area (Å²) in [5.74, 6) is 1.41. The minimum Gasteiger partial charge on any atom is -0.497 e. The molecule has 2 aromatic heterocycles. The molecule has 1 aliphatic heterocycles. The van der Waals surface area contributed by atoms with Crippen LogP contribution in [-0.2, 0) is 22.9 Å². The molecule has 0 spiro atoms. The lowest BCUT2D eigenvalue weighted by Gasteiger charge is -2.34. The lowest BCUT2D eigenvalue weighted by atomic mass is 9.92. The highest BCUT2D eigenvalue weighted by atomic mass is 32.2.